The Labute approximate surface area is 139 Å². The van der Waals surface area contributed by atoms with Crippen molar-refractivity contribution in [3.05, 3.63) is 53.6 Å². The van der Waals surface area contributed by atoms with Crippen LogP contribution < -0.4 is 0 Å². The van der Waals surface area contributed by atoms with E-state index in [0.29, 0.717) is 10.7 Å². The number of thioether (sulfide) groups is 1. The molecular formula is C18H14N4S. The van der Waals surface area contributed by atoms with Gasteiger partial charge in [0, 0.05) is 23.5 Å². The molecule has 0 unspecified atom stereocenters. The van der Waals surface area contributed by atoms with E-state index in [9.17, 15) is 0 Å². The molecule has 0 spiro atoms. The lowest BCUT2D eigenvalue weighted by atomic mass is 10.0. The number of hydrogen-bond donors (Lipinski definition) is 1. The fourth-order valence-electron chi connectivity index (χ4n) is 2.93. The van der Waals surface area contributed by atoms with Crippen LogP contribution in [0.15, 0.2) is 52.4 Å². The fourth-order valence-corrected chi connectivity index (χ4v) is 3.88. The van der Waals surface area contributed by atoms with Crippen molar-refractivity contribution in [2.24, 2.45) is 4.99 Å². The first-order valence-corrected chi connectivity index (χ1v) is 8.31. The summed E-state index contributed by atoms with van der Waals surface area (Å²) < 4.78 is 0. The van der Waals surface area contributed by atoms with E-state index in [1.54, 1.807) is 6.07 Å². The minimum absolute atomic E-state index is 0.541. The molecule has 0 aliphatic carbocycles. The van der Waals surface area contributed by atoms with E-state index >= 15 is 0 Å². The summed E-state index contributed by atoms with van der Waals surface area (Å²) in [6.07, 6.45) is 1.00. The van der Waals surface area contributed by atoms with E-state index < -0.39 is 0 Å². The summed E-state index contributed by atoms with van der Waals surface area (Å²) in [6.45, 7) is 1.70. The molecule has 2 aromatic rings. The van der Waals surface area contributed by atoms with Gasteiger partial charge in [-0.1, -0.05) is 30.0 Å². The van der Waals surface area contributed by atoms with E-state index in [2.05, 4.69) is 29.3 Å². The summed E-state index contributed by atoms with van der Waals surface area (Å²) >= 11 is 1.48. The Morgan fingerprint density at radius 3 is 2.91 bits per heavy atom. The van der Waals surface area contributed by atoms with Crippen molar-refractivity contribution < 1.29 is 0 Å². The Morgan fingerprint density at radius 1 is 1.17 bits per heavy atom. The lowest BCUT2D eigenvalue weighted by Crippen LogP contribution is -2.42. The minimum Gasteiger partial charge on any atom is -0.305 e. The van der Waals surface area contributed by atoms with Gasteiger partial charge in [0.05, 0.1) is 11.6 Å². The molecule has 5 heteroatoms. The SMILES string of the molecule is N#Cc1cccc(-c2ccc3c(c2)SC(=N)N2CCCN=C32)c1. The van der Waals surface area contributed by atoms with Crippen LogP contribution >= 0.6 is 11.8 Å². The van der Waals surface area contributed by atoms with Crippen LogP contribution in [-0.4, -0.2) is 29.0 Å². The van der Waals surface area contributed by atoms with Crippen LogP contribution in [0.4, 0.5) is 0 Å². The maximum Gasteiger partial charge on any atom is 0.166 e. The van der Waals surface area contributed by atoms with Crippen LogP contribution in [-0.2, 0) is 0 Å². The third kappa shape index (κ3) is 2.41. The maximum absolute atomic E-state index is 9.06. The van der Waals surface area contributed by atoms with Crippen molar-refractivity contribution in [2.45, 2.75) is 11.3 Å². The van der Waals surface area contributed by atoms with Crippen molar-refractivity contribution in [3.8, 4) is 17.2 Å². The molecule has 2 aromatic carbocycles. The molecule has 1 N–H and O–H groups in total. The number of benzene rings is 2. The molecule has 4 nitrogen and oxygen atoms in total. The van der Waals surface area contributed by atoms with Gasteiger partial charge < -0.3 is 4.90 Å². The van der Waals surface area contributed by atoms with E-state index in [1.807, 2.05) is 23.1 Å². The molecule has 0 aromatic heterocycles. The quantitative estimate of drug-likeness (QED) is 0.871. The second-order valence-corrected chi connectivity index (χ2v) is 6.55. The maximum atomic E-state index is 9.06. The zero-order chi connectivity index (χ0) is 15.8. The first kappa shape index (κ1) is 14.0. The van der Waals surface area contributed by atoms with Gasteiger partial charge >= 0.3 is 0 Å². The molecule has 0 atom stereocenters. The molecule has 4 rings (SSSR count). The van der Waals surface area contributed by atoms with Gasteiger partial charge in [0.2, 0.25) is 0 Å². The van der Waals surface area contributed by atoms with E-state index in [1.165, 1.54) is 11.8 Å². The van der Waals surface area contributed by atoms with Gasteiger partial charge in [-0.25, -0.2) is 0 Å². The van der Waals surface area contributed by atoms with Crippen LogP contribution in [0.1, 0.15) is 17.5 Å². The molecule has 0 bridgehead atoms. The molecule has 0 saturated carbocycles. The summed E-state index contributed by atoms with van der Waals surface area (Å²) in [5.74, 6) is 0.923. The second-order valence-electron chi connectivity index (χ2n) is 5.52. The lowest BCUT2D eigenvalue weighted by Gasteiger charge is -2.34. The van der Waals surface area contributed by atoms with Gasteiger partial charge in [0.15, 0.2) is 5.17 Å². The smallest absolute Gasteiger partial charge is 0.166 e. The van der Waals surface area contributed by atoms with Gasteiger partial charge in [0.1, 0.15) is 5.84 Å². The van der Waals surface area contributed by atoms with Gasteiger partial charge in [-0.3, -0.25) is 10.4 Å². The number of rotatable bonds is 1. The first-order chi connectivity index (χ1) is 11.3. The molecule has 2 aliphatic heterocycles. The highest BCUT2D eigenvalue weighted by atomic mass is 32.2. The van der Waals surface area contributed by atoms with Crippen LogP contribution in [0, 0.1) is 16.7 Å². The minimum atomic E-state index is 0.541. The van der Waals surface area contributed by atoms with Crippen LogP contribution in [0.3, 0.4) is 0 Å². The Balaban J connectivity index is 1.80. The Bertz CT molecular complexity index is 879. The number of fused-ring (bicyclic) bond motifs is 3. The molecule has 0 radical (unpaired) electrons. The molecule has 2 heterocycles. The molecule has 0 amide bonds. The first-order valence-electron chi connectivity index (χ1n) is 7.49. The number of hydrogen-bond acceptors (Lipinski definition) is 4. The summed E-state index contributed by atoms with van der Waals surface area (Å²) in [6, 6.07) is 16.0. The average molecular weight is 318 g/mol. The number of nitrogens with zero attached hydrogens (tertiary/aromatic N) is 3. The zero-order valence-electron chi connectivity index (χ0n) is 12.4. The van der Waals surface area contributed by atoms with Crippen molar-refractivity contribution in [1.29, 1.82) is 10.7 Å². The van der Waals surface area contributed by atoms with Gasteiger partial charge in [-0.2, -0.15) is 5.26 Å². The predicted octanol–water partition coefficient (Wildman–Crippen LogP) is 3.72. The average Bonchev–Trinajstić information content (AvgIpc) is 2.61. The van der Waals surface area contributed by atoms with Gasteiger partial charge in [-0.15, -0.1) is 0 Å². The van der Waals surface area contributed by atoms with E-state index in [0.717, 1.165) is 46.9 Å². The predicted molar refractivity (Wildman–Crippen MR) is 92.9 cm³/mol. The molecule has 0 saturated heterocycles. The highest BCUT2D eigenvalue weighted by Gasteiger charge is 2.29. The largest absolute Gasteiger partial charge is 0.305 e. The molecule has 2 aliphatic rings. The van der Waals surface area contributed by atoms with Crippen LogP contribution in [0.5, 0.6) is 0 Å². The third-order valence-corrected chi connectivity index (χ3v) is 5.03. The topological polar surface area (TPSA) is 63.2 Å². The van der Waals surface area contributed by atoms with Gasteiger partial charge in [-0.05, 0) is 41.8 Å². The number of nitriles is 1. The number of aliphatic imine (C=N–C) groups is 1. The van der Waals surface area contributed by atoms with Crippen molar-refractivity contribution >= 4 is 22.8 Å². The Kier molecular flexibility index (Phi) is 3.40. The highest BCUT2D eigenvalue weighted by Crippen LogP contribution is 2.36. The van der Waals surface area contributed by atoms with Crippen molar-refractivity contribution in [1.82, 2.24) is 4.90 Å². The normalized spacial score (nSPS) is 16.2. The van der Waals surface area contributed by atoms with Gasteiger partial charge in [0.25, 0.3) is 0 Å². The monoisotopic (exact) mass is 318 g/mol. The zero-order valence-corrected chi connectivity index (χ0v) is 13.2. The molecule has 112 valence electrons. The summed E-state index contributed by atoms with van der Waals surface area (Å²) in [4.78, 5) is 7.67. The van der Waals surface area contributed by atoms with E-state index in [4.69, 9.17) is 10.7 Å². The second kappa shape index (κ2) is 5.56. The summed E-state index contributed by atoms with van der Waals surface area (Å²) in [5.41, 5.74) is 3.84. The Morgan fingerprint density at radius 2 is 2.04 bits per heavy atom. The molecule has 23 heavy (non-hydrogen) atoms. The van der Waals surface area contributed by atoms with E-state index in [-0.39, 0.29) is 0 Å². The third-order valence-electron chi connectivity index (χ3n) is 4.06. The number of amidine groups is 2. The highest BCUT2D eigenvalue weighted by molar-refractivity contribution is 8.14. The number of nitrogens with one attached hydrogen (secondary N) is 1. The van der Waals surface area contributed by atoms with Crippen molar-refractivity contribution in [2.75, 3.05) is 13.1 Å². The Hall–Kier alpha value is -2.58. The van der Waals surface area contributed by atoms with Crippen LogP contribution in [0.25, 0.3) is 11.1 Å². The fraction of sp³-hybridized carbons (Fsp3) is 0.167. The standard InChI is InChI=1S/C18H14N4S/c19-11-12-3-1-4-13(9-12)14-5-6-15-16(10-14)23-18(20)22-8-2-7-21-17(15)22/h1,3-6,9-10,20H,2,7-8H2. The molecular weight excluding hydrogens is 304 g/mol. The summed E-state index contributed by atoms with van der Waals surface area (Å²) in [5, 5.41) is 17.9. The van der Waals surface area contributed by atoms with Crippen LogP contribution in [0.2, 0.25) is 0 Å². The lowest BCUT2D eigenvalue weighted by molar-refractivity contribution is 0.552. The summed E-state index contributed by atoms with van der Waals surface area (Å²) in [7, 11) is 0. The molecule has 0 fully saturated rings. The van der Waals surface area contributed by atoms with Crippen molar-refractivity contribution in [3.63, 3.8) is 0 Å².